The SMILES string of the molecule is CCCCC(Br)C(=O)NC(C)(C)c1ccccc1. The Morgan fingerprint density at radius 3 is 2.50 bits per heavy atom. The van der Waals surface area contributed by atoms with Crippen LogP contribution in [-0.2, 0) is 10.3 Å². The van der Waals surface area contributed by atoms with Crippen molar-refractivity contribution in [3.8, 4) is 0 Å². The maximum absolute atomic E-state index is 12.1. The van der Waals surface area contributed by atoms with Crippen LogP contribution in [0.15, 0.2) is 30.3 Å². The van der Waals surface area contributed by atoms with Gasteiger partial charge in [-0.05, 0) is 25.8 Å². The fourth-order valence-electron chi connectivity index (χ4n) is 1.83. The molecule has 0 radical (unpaired) electrons. The maximum atomic E-state index is 12.1. The van der Waals surface area contributed by atoms with E-state index in [-0.39, 0.29) is 16.3 Å². The number of carbonyl (C=O) groups is 1. The molecule has 1 aromatic carbocycles. The smallest absolute Gasteiger partial charge is 0.234 e. The third-order valence-electron chi connectivity index (χ3n) is 3.03. The molecule has 18 heavy (non-hydrogen) atoms. The van der Waals surface area contributed by atoms with Crippen molar-refractivity contribution in [3.05, 3.63) is 35.9 Å². The molecule has 3 heteroatoms. The molecule has 1 amide bonds. The van der Waals surface area contributed by atoms with Crippen LogP contribution in [0.25, 0.3) is 0 Å². The highest BCUT2D eigenvalue weighted by Crippen LogP contribution is 2.21. The summed E-state index contributed by atoms with van der Waals surface area (Å²) in [7, 11) is 0. The van der Waals surface area contributed by atoms with E-state index in [2.05, 4.69) is 28.2 Å². The average molecular weight is 312 g/mol. The van der Waals surface area contributed by atoms with Crippen molar-refractivity contribution in [3.63, 3.8) is 0 Å². The largest absolute Gasteiger partial charge is 0.346 e. The van der Waals surface area contributed by atoms with Gasteiger partial charge in [-0.25, -0.2) is 0 Å². The Morgan fingerprint density at radius 1 is 1.33 bits per heavy atom. The summed E-state index contributed by atoms with van der Waals surface area (Å²) in [5.41, 5.74) is 0.782. The molecule has 0 aliphatic carbocycles. The highest BCUT2D eigenvalue weighted by atomic mass is 79.9. The van der Waals surface area contributed by atoms with Gasteiger partial charge in [-0.1, -0.05) is 66.0 Å². The van der Waals surface area contributed by atoms with Gasteiger partial charge in [0.1, 0.15) is 0 Å². The molecule has 0 spiro atoms. The molecule has 0 aromatic heterocycles. The molecule has 0 heterocycles. The predicted octanol–water partition coefficient (Wildman–Crippen LogP) is 3.99. The molecule has 0 saturated carbocycles. The van der Waals surface area contributed by atoms with Gasteiger partial charge in [0.05, 0.1) is 10.4 Å². The van der Waals surface area contributed by atoms with Gasteiger partial charge in [-0.15, -0.1) is 0 Å². The third kappa shape index (κ3) is 4.45. The van der Waals surface area contributed by atoms with Gasteiger partial charge in [-0.2, -0.15) is 0 Å². The number of amides is 1. The van der Waals surface area contributed by atoms with E-state index in [0.29, 0.717) is 0 Å². The van der Waals surface area contributed by atoms with E-state index in [1.807, 2.05) is 44.2 Å². The summed E-state index contributed by atoms with van der Waals surface area (Å²) in [4.78, 5) is 12.0. The van der Waals surface area contributed by atoms with Gasteiger partial charge in [0, 0.05) is 0 Å². The van der Waals surface area contributed by atoms with Crippen molar-refractivity contribution in [2.45, 2.75) is 50.4 Å². The summed E-state index contributed by atoms with van der Waals surface area (Å²) in [6.07, 6.45) is 3.06. The van der Waals surface area contributed by atoms with Gasteiger partial charge >= 0.3 is 0 Å². The van der Waals surface area contributed by atoms with Crippen LogP contribution in [-0.4, -0.2) is 10.7 Å². The zero-order chi connectivity index (χ0) is 13.6. The van der Waals surface area contributed by atoms with Crippen LogP contribution in [0, 0.1) is 0 Å². The van der Waals surface area contributed by atoms with E-state index in [0.717, 1.165) is 24.8 Å². The van der Waals surface area contributed by atoms with Crippen molar-refractivity contribution in [2.24, 2.45) is 0 Å². The van der Waals surface area contributed by atoms with E-state index >= 15 is 0 Å². The topological polar surface area (TPSA) is 29.1 Å². The van der Waals surface area contributed by atoms with Crippen LogP contribution < -0.4 is 5.32 Å². The Balaban J connectivity index is 2.63. The standard InChI is InChI=1S/C15H22BrNO/c1-4-5-11-13(16)14(18)17-15(2,3)12-9-7-6-8-10-12/h6-10,13H,4-5,11H2,1-3H3,(H,17,18). The van der Waals surface area contributed by atoms with E-state index in [1.54, 1.807) is 0 Å². The average Bonchev–Trinajstić information content (AvgIpc) is 2.36. The summed E-state index contributed by atoms with van der Waals surface area (Å²) in [6.45, 7) is 6.19. The Kier molecular flexibility index (Phi) is 5.86. The van der Waals surface area contributed by atoms with Gasteiger partial charge in [0.25, 0.3) is 0 Å². The number of unbranched alkanes of at least 4 members (excludes halogenated alkanes) is 1. The normalized spacial score (nSPS) is 13.1. The minimum atomic E-state index is -0.337. The van der Waals surface area contributed by atoms with E-state index < -0.39 is 0 Å². The summed E-state index contributed by atoms with van der Waals surface area (Å²) < 4.78 is 0. The lowest BCUT2D eigenvalue weighted by Gasteiger charge is -2.28. The van der Waals surface area contributed by atoms with Crippen molar-refractivity contribution in [1.82, 2.24) is 5.32 Å². The quantitative estimate of drug-likeness (QED) is 0.791. The van der Waals surface area contributed by atoms with Crippen molar-refractivity contribution < 1.29 is 4.79 Å². The molecule has 1 rings (SSSR count). The van der Waals surface area contributed by atoms with Crippen molar-refractivity contribution in [2.75, 3.05) is 0 Å². The number of benzene rings is 1. The van der Waals surface area contributed by atoms with Crippen LogP contribution in [0.4, 0.5) is 0 Å². The monoisotopic (exact) mass is 311 g/mol. The van der Waals surface area contributed by atoms with Gasteiger partial charge in [-0.3, -0.25) is 4.79 Å². The zero-order valence-corrected chi connectivity index (χ0v) is 13.0. The Hall–Kier alpha value is -0.830. The van der Waals surface area contributed by atoms with Crippen molar-refractivity contribution >= 4 is 21.8 Å². The molecule has 0 aliphatic heterocycles. The highest BCUT2D eigenvalue weighted by molar-refractivity contribution is 9.10. The molecule has 0 saturated heterocycles. The molecular formula is C15H22BrNO. The van der Waals surface area contributed by atoms with Gasteiger partial charge in [0.2, 0.25) is 5.91 Å². The fourth-order valence-corrected chi connectivity index (χ4v) is 2.27. The molecule has 2 nitrogen and oxygen atoms in total. The minimum Gasteiger partial charge on any atom is -0.346 e. The van der Waals surface area contributed by atoms with Crippen LogP contribution in [0.2, 0.25) is 0 Å². The second-order valence-corrected chi connectivity index (χ2v) is 6.20. The van der Waals surface area contributed by atoms with Crippen LogP contribution in [0.3, 0.4) is 0 Å². The first-order valence-corrected chi connectivity index (χ1v) is 7.40. The fraction of sp³-hybridized carbons (Fsp3) is 0.533. The highest BCUT2D eigenvalue weighted by Gasteiger charge is 2.25. The van der Waals surface area contributed by atoms with E-state index in [9.17, 15) is 4.79 Å². The number of hydrogen-bond acceptors (Lipinski definition) is 1. The van der Waals surface area contributed by atoms with Crippen LogP contribution in [0.1, 0.15) is 45.6 Å². The molecule has 0 bridgehead atoms. The minimum absolute atomic E-state index is 0.0669. The number of nitrogens with one attached hydrogen (secondary N) is 1. The first-order valence-electron chi connectivity index (χ1n) is 6.49. The number of halogens is 1. The van der Waals surface area contributed by atoms with Gasteiger partial charge < -0.3 is 5.32 Å². The molecule has 100 valence electrons. The van der Waals surface area contributed by atoms with Gasteiger partial charge in [0.15, 0.2) is 0 Å². The summed E-state index contributed by atoms with van der Waals surface area (Å²) in [6, 6.07) is 10.0. The number of hydrogen-bond donors (Lipinski definition) is 1. The maximum Gasteiger partial charge on any atom is 0.234 e. The van der Waals surface area contributed by atoms with Crippen LogP contribution in [0.5, 0.6) is 0 Å². The lowest BCUT2D eigenvalue weighted by atomic mass is 9.94. The molecule has 1 N–H and O–H groups in total. The van der Waals surface area contributed by atoms with Crippen LogP contribution >= 0.6 is 15.9 Å². The number of rotatable bonds is 6. The summed E-state index contributed by atoms with van der Waals surface area (Å²) in [5.74, 6) is 0.0669. The molecular weight excluding hydrogens is 290 g/mol. The Labute approximate surface area is 118 Å². The first kappa shape index (κ1) is 15.2. The zero-order valence-electron chi connectivity index (χ0n) is 11.4. The lowest BCUT2D eigenvalue weighted by Crippen LogP contribution is -2.44. The molecule has 1 atom stereocenters. The summed E-state index contributed by atoms with van der Waals surface area (Å²) in [5, 5.41) is 3.10. The molecule has 1 aromatic rings. The Bertz CT molecular complexity index is 375. The lowest BCUT2D eigenvalue weighted by molar-refractivity contribution is -0.122. The molecule has 0 fully saturated rings. The summed E-state index contributed by atoms with van der Waals surface area (Å²) >= 11 is 3.46. The Morgan fingerprint density at radius 2 is 1.94 bits per heavy atom. The number of alkyl halides is 1. The molecule has 0 aliphatic rings. The first-order chi connectivity index (χ1) is 8.47. The second-order valence-electron chi connectivity index (χ2n) is 5.09. The molecule has 1 unspecified atom stereocenters. The van der Waals surface area contributed by atoms with E-state index in [4.69, 9.17) is 0 Å². The second kappa shape index (κ2) is 6.93. The number of carbonyl (C=O) groups excluding carboxylic acids is 1. The van der Waals surface area contributed by atoms with Crippen molar-refractivity contribution in [1.29, 1.82) is 0 Å². The third-order valence-corrected chi connectivity index (χ3v) is 3.90. The van der Waals surface area contributed by atoms with E-state index in [1.165, 1.54) is 0 Å². The predicted molar refractivity (Wildman–Crippen MR) is 79.9 cm³/mol.